The highest BCUT2D eigenvalue weighted by atomic mass is 19.2. The van der Waals surface area contributed by atoms with Gasteiger partial charge in [-0.1, -0.05) is 0 Å². The van der Waals surface area contributed by atoms with Crippen LogP contribution in [-0.2, 0) is 14.3 Å². The monoisotopic (exact) mass is 354 g/mol. The molecule has 1 aromatic heterocycles. The van der Waals surface area contributed by atoms with E-state index in [4.69, 9.17) is 4.74 Å². The summed E-state index contributed by atoms with van der Waals surface area (Å²) in [5.41, 5.74) is -0.752. The fraction of sp³-hybridized carbons (Fsp3) is 0.312. The van der Waals surface area contributed by atoms with Gasteiger partial charge in [-0.25, -0.2) is 23.4 Å². The largest absolute Gasteiger partial charge is 0.478 e. The van der Waals surface area contributed by atoms with E-state index in [1.165, 1.54) is 6.92 Å². The number of allylic oxidation sites excluding steroid dienone is 1. The molecule has 3 rings (SSSR count). The molecule has 0 bridgehead atoms. The van der Waals surface area contributed by atoms with Crippen LogP contribution in [0.4, 0.5) is 13.2 Å². The van der Waals surface area contributed by atoms with Crippen molar-refractivity contribution in [2.75, 3.05) is 6.61 Å². The van der Waals surface area contributed by atoms with Crippen molar-refractivity contribution >= 4 is 11.9 Å². The van der Waals surface area contributed by atoms with Crippen molar-refractivity contribution in [3.63, 3.8) is 0 Å². The Kier molecular flexibility index (Phi) is 4.02. The molecule has 0 fully saturated rings. The zero-order valence-electron chi connectivity index (χ0n) is 13.2. The third-order valence-electron chi connectivity index (χ3n) is 4.20. The van der Waals surface area contributed by atoms with E-state index in [1.807, 2.05) is 0 Å². The topological polar surface area (TPSA) is 88.5 Å². The smallest absolute Gasteiger partial charge is 0.337 e. The first kappa shape index (κ1) is 17.0. The van der Waals surface area contributed by atoms with Crippen LogP contribution in [0, 0.1) is 11.8 Å². The molecule has 2 N–H and O–H groups in total. The van der Waals surface area contributed by atoms with Crippen molar-refractivity contribution in [3.05, 3.63) is 51.6 Å². The summed E-state index contributed by atoms with van der Waals surface area (Å²) < 4.78 is 46.5. The average Bonchev–Trinajstić information content (AvgIpc) is 2.88. The van der Waals surface area contributed by atoms with Crippen molar-refractivity contribution < 1.29 is 32.6 Å². The predicted molar refractivity (Wildman–Crippen MR) is 77.9 cm³/mol. The second-order valence-electron chi connectivity index (χ2n) is 5.72. The van der Waals surface area contributed by atoms with Gasteiger partial charge in [-0.15, -0.1) is 0 Å². The second-order valence-corrected chi connectivity index (χ2v) is 5.72. The molecule has 0 radical (unpaired) electrons. The minimum Gasteiger partial charge on any atom is -0.478 e. The molecule has 3 heterocycles. The van der Waals surface area contributed by atoms with Gasteiger partial charge >= 0.3 is 11.9 Å². The van der Waals surface area contributed by atoms with Gasteiger partial charge in [0.2, 0.25) is 5.95 Å². The number of esters is 1. The molecule has 0 aromatic carbocycles. The number of hydrogen-bond donors (Lipinski definition) is 2. The van der Waals surface area contributed by atoms with Crippen LogP contribution < -0.4 is 5.32 Å². The molecule has 132 valence electrons. The summed E-state index contributed by atoms with van der Waals surface area (Å²) in [6.07, 6.45) is -1.09. The minimum atomic E-state index is -1.95. The van der Waals surface area contributed by atoms with Gasteiger partial charge in [-0.3, -0.25) is 0 Å². The molecule has 1 aromatic rings. The van der Waals surface area contributed by atoms with Crippen molar-refractivity contribution in [2.45, 2.75) is 25.9 Å². The van der Waals surface area contributed by atoms with Crippen LogP contribution in [0.25, 0.3) is 0 Å². The Morgan fingerprint density at radius 2 is 2.16 bits per heavy atom. The zero-order chi connectivity index (χ0) is 18.5. The molecule has 2 aliphatic heterocycles. The maximum Gasteiger partial charge on any atom is 0.337 e. The normalized spacial score (nSPS) is 21.0. The minimum absolute atomic E-state index is 0.0716. The summed E-state index contributed by atoms with van der Waals surface area (Å²) in [4.78, 5) is 27.0. The molecule has 0 saturated heterocycles. The molecule has 25 heavy (non-hydrogen) atoms. The molecule has 0 unspecified atom stereocenters. The highest BCUT2D eigenvalue weighted by molar-refractivity contribution is 6.00. The number of nitrogens with zero attached hydrogens (tertiary/aromatic N) is 1. The molecule has 2 aliphatic rings. The molecule has 9 heteroatoms. The van der Waals surface area contributed by atoms with Crippen LogP contribution in [0.3, 0.4) is 0 Å². The maximum atomic E-state index is 14.1. The number of dihydropyridines is 1. The zero-order valence-corrected chi connectivity index (χ0v) is 13.2. The number of nitrogens with one attached hydrogen (secondary N) is 1. The summed E-state index contributed by atoms with van der Waals surface area (Å²) in [6.45, 7) is 2.32. The van der Waals surface area contributed by atoms with Crippen LogP contribution in [0.15, 0.2) is 28.7 Å². The number of rotatable bonds is 3. The summed E-state index contributed by atoms with van der Waals surface area (Å²) in [7, 11) is 0. The second kappa shape index (κ2) is 5.91. The van der Waals surface area contributed by atoms with Gasteiger partial charge < -0.3 is 15.2 Å². The molecule has 0 spiro atoms. The lowest BCUT2D eigenvalue weighted by Crippen LogP contribution is -2.30. The first-order valence-electron chi connectivity index (χ1n) is 7.33. The molecular weight excluding hydrogens is 341 g/mol. The number of halogens is 3. The standard InChI is InChI=1S/C16H13F3N2O4/c1-5(17)9-7(3-20-14(19)13(9)18)11-10(15(22)23)6(2)21-8-4-25-16(24)12(8)11/h3,5,11,21H,4H2,1-2H3,(H,22,23)/t5-,11-/m0/s1. The quantitative estimate of drug-likeness (QED) is 0.639. The van der Waals surface area contributed by atoms with E-state index in [9.17, 15) is 27.9 Å². The Morgan fingerprint density at radius 1 is 1.48 bits per heavy atom. The number of carbonyl (C=O) groups excluding carboxylic acids is 1. The predicted octanol–water partition coefficient (Wildman–Crippen LogP) is 2.25. The van der Waals surface area contributed by atoms with E-state index in [0.29, 0.717) is 5.70 Å². The van der Waals surface area contributed by atoms with E-state index in [0.717, 1.165) is 13.1 Å². The van der Waals surface area contributed by atoms with Crippen LogP contribution in [-0.4, -0.2) is 28.6 Å². The number of ether oxygens (including phenoxy) is 1. The molecule has 2 atom stereocenters. The lowest BCUT2D eigenvalue weighted by atomic mass is 9.79. The number of carbonyl (C=O) groups is 2. The molecule has 0 amide bonds. The van der Waals surface area contributed by atoms with Crippen LogP contribution in [0.2, 0.25) is 0 Å². The highest BCUT2D eigenvalue weighted by Gasteiger charge is 2.43. The third kappa shape index (κ3) is 2.55. The Bertz CT molecular complexity index is 859. The number of carboxylic acids is 1. The van der Waals surface area contributed by atoms with E-state index in [-0.39, 0.29) is 29.0 Å². The SMILES string of the molecule is CC1=C(C(=O)O)[C@H](c2cnc(F)c(F)c2[C@H](C)F)C2=C(COC2=O)N1. The number of aromatic nitrogens is 1. The molecule has 6 nitrogen and oxygen atoms in total. The molecular formula is C16H13F3N2O4. The van der Waals surface area contributed by atoms with Gasteiger partial charge in [-0.2, -0.15) is 4.39 Å². The number of carboxylic acid groups (broad SMARTS) is 1. The van der Waals surface area contributed by atoms with E-state index < -0.39 is 41.4 Å². The summed E-state index contributed by atoms with van der Waals surface area (Å²) in [5, 5.41) is 12.3. The number of cyclic esters (lactones) is 1. The van der Waals surface area contributed by atoms with Crippen molar-refractivity contribution in [2.24, 2.45) is 0 Å². The maximum absolute atomic E-state index is 14.1. The average molecular weight is 354 g/mol. The Balaban J connectivity index is 2.32. The van der Waals surface area contributed by atoms with Crippen molar-refractivity contribution in [1.82, 2.24) is 10.3 Å². The number of alkyl halides is 1. The lowest BCUT2D eigenvalue weighted by molar-refractivity contribution is -0.136. The van der Waals surface area contributed by atoms with Gasteiger partial charge in [0, 0.05) is 17.5 Å². The van der Waals surface area contributed by atoms with E-state index in [1.54, 1.807) is 0 Å². The molecule has 0 saturated carbocycles. The van der Waals surface area contributed by atoms with Gasteiger partial charge in [0.1, 0.15) is 12.8 Å². The fourth-order valence-corrected chi connectivity index (χ4v) is 3.19. The van der Waals surface area contributed by atoms with Crippen LogP contribution in [0.1, 0.15) is 37.1 Å². The van der Waals surface area contributed by atoms with Crippen LogP contribution >= 0.6 is 0 Å². The van der Waals surface area contributed by atoms with Crippen molar-refractivity contribution in [3.8, 4) is 0 Å². The number of aliphatic carboxylic acids is 1. The fourth-order valence-electron chi connectivity index (χ4n) is 3.19. The van der Waals surface area contributed by atoms with E-state index in [2.05, 4.69) is 10.3 Å². The molecule has 0 aliphatic carbocycles. The third-order valence-corrected chi connectivity index (χ3v) is 4.20. The Morgan fingerprint density at radius 3 is 2.76 bits per heavy atom. The van der Waals surface area contributed by atoms with Gasteiger partial charge in [0.15, 0.2) is 5.82 Å². The Hall–Kier alpha value is -2.84. The summed E-state index contributed by atoms with van der Waals surface area (Å²) in [5.74, 6) is -6.52. The summed E-state index contributed by atoms with van der Waals surface area (Å²) >= 11 is 0. The highest BCUT2D eigenvalue weighted by Crippen LogP contribution is 2.44. The first-order chi connectivity index (χ1) is 11.7. The number of hydrogen-bond acceptors (Lipinski definition) is 5. The summed E-state index contributed by atoms with van der Waals surface area (Å²) in [6, 6.07) is 0. The van der Waals surface area contributed by atoms with Gasteiger partial charge in [0.05, 0.1) is 22.8 Å². The van der Waals surface area contributed by atoms with Gasteiger partial charge in [0.25, 0.3) is 0 Å². The first-order valence-corrected chi connectivity index (χ1v) is 7.33. The van der Waals surface area contributed by atoms with E-state index >= 15 is 0 Å². The lowest BCUT2D eigenvalue weighted by Gasteiger charge is -2.28. The van der Waals surface area contributed by atoms with Gasteiger partial charge in [-0.05, 0) is 19.4 Å². The van der Waals surface area contributed by atoms with Crippen molar-refractivity contribution in [1.29, 1.82) is 0 Å². The number of pyridine rings is 1. The van der Waals surface area contributed by atoms with Crippen LogP contribution in [0.5, 0.6) is 0 Å². The Labute approximate surface area is 140 Å².